The van der Waals surface area contributed by atoms with Gasteiger partial charge in [-0.1, -0.05) is 42.0 Å². The van der Waals surface area contributed by atoms with Crippen LogP contribution in [-0.4, -0.2) is 23.1 Å². The number of nitro groups is 1. The van der Waals surface area contributed by atoms with Crippen molar-refractivity contribution in [1.29, 1.82) is 0 Å². The fourth-order valence-corrected chi connectivity index (χ4v) is 4.91. The normalized spacial score (nSPS) is 11.5. The van der Waals surface area contributed by atoms with Gasteiger partial charge >= 0.3 is 0 Å². The first kappa shape index (κ1) is 20.5. The van der Waals surface area contributed by atoms with E-state index in [1.807, 2.05) is 6.92 Å². The molecule has 0 aliphatic heterocycles. The minimum absolute atomic E-state index is 0.103. The van der Waals surface area contributed by atoms with Crippen LogP contribution in [0.4, 0.5) is 5.69 Å². The molecule has 8 heteroatoms. The van der Waals surface area contributed by atoms with Crippen LogP contribution in [0.1, 0.15) is 27.0 Å². The lowest BCUT2D eigenvalue weighted by molar-refractivity contribution is -0.384. The number of rotatable bonds is 5. The molecule has 0 bridgehead atoms. The summed E-state index contributed by atoms with van der Waals surface area (Å²) >= 11 is 0. The molecule has 0 fully saturated rings. The second-order valence-corrected chi connectivity index (χ2v) is 9.08. The van der Waals surface area contributed by atoms with Crippen LogP contribution in [0.15, 0.2) is 77.8 Å². The number of hydrogen-bond acceptors (Lipinski definition) is 5. The van der Waals surface area contributed by atoms with Crippen molar-refractivity contribution in [3.63, 3.8) is 0 Å². The Labute approximate surface area is 178 Å². The van der Waals surface area contributed by atoms with Gasteiger partial charge in [-0.05, 0) is 37.6 Å². The van der Waals surface area contributed by atoms with Gasteiger partial charge in [0, 0.05) is 34.8 Å². The Morgan fingerprint density at radius 3 is 2.32 bits per heavy atom. The molecule has 156 valence electrons. The van der Waals surface area contributed by atoms with E-state index in [4.69, 9.17) is 0 Å². The molecule has 31 heavy (non-hydrogen) atoms. The molecule has 4 aromatic rings. The smallest absolute Gasteiger partial charge is 0.270 e. The predicted octanol–water partition coefficient (Wildman–Crippen LogP) is 4.63. The largest absolute Gasteiger partial charge is 0.289 e. The third kappa shape index (κ3) is 3.51. The van der Waals surface area contributed by atoms with Gasteiger partial charge in [0.25, 0.3) is 15.7 Å². The maximum absolute atomic E-state index is 13.3. The van der Waals surface area contributed by atoms with E-state index in [2.05, 4.69) is 0 Å². The molecule has 0 saturated heterocycles. The van der Waals surface area contributed by atoms with E-state index >= 15 is 0 Å². The first-order valence-corrected chi connectivity index (χ1v) is 10.9. The van der Waals surface area contributed by atoms with Crippen LogP contribution in [-0.2, 0) is 10.0 Å². The van der Waals surface area contributed by atoms with Gasteiger partial charge in [-0.3, -0.25) is 14.9 Å². The number of aromatic nitrogens is 1. The number of aryl methyl sites for hydroxylation is 2. The Bertz CT molecular complexity index is 1450. The first-order valence-electron chi connectivity index (χ1n) is 9.42. The van der Waals surface area contributed by atoms with Gasteiger partial charge in [-0.15, -0.1) is 0 Å². The number of benzene rings is 3. The maximum Gasteiger partial charge on any atom is 0.270 e. The maximum atomic E-state index is 13.3. The summed E-state index contributed by atoms with van der Waals surface area (Å²) in [6.07, 6.45) is 1.30. The van der Waals surface area contributed by atoms with E-state index < -0.39 is 20.7 Å². The standard InChI is InChI=1S/C23H18N2O5S/c1-15-9-11-19(12-10-15)31(29,30)24-14-20(22-16(2)5-3-8-21(22)24)23(26)17-6-4-7-18(13-17)25(27)28/h3-14H,1-2H3. The minimum Gasteiger partial charge on any atom is -0.289 e. The van der Waals surface area contributed by atoms with Crippen LogP contribution >= 0.6 is 0 Å². The highest BCUT2D eigenvalue weighted by atomic mass is 32.2. The number of non-ortho nitro benzene ring substituents is 1. The Morgan fingerprint density at radius 2 is 1.65 bits per heavy atom. The summed E-state index contributed by atoms with van der Waals surface area (Å²) in [7, 11) is -3.96. The Hall–Kier alpha value is -3.78. The topological polar surface area (TPSA) is 99.3 Å². The van der Waals surface area contributed by atoms with Crippen molar-refractivity contribution in [2.45, 2.75) is 18.7 Å². The van der Waals surface area contributed by atoms with Gasteiger partial charge in [0.2, 0.25) is 0 Å². The van der Waals surface area contributed by atoms with Crippen LogP contribution in [0.3, 0.4) is 0 Å². The zero-order valence-corrected chi connectivity index (χ0v) is 17.6. The molecule has 0 unspecified atom stereocenters. The van der Waals surface area contributed by atoms with Crippen molar-refractivity contribution in [2.24, 2.45) is 0 Å². The predicted molar refractivity (Wildman–Crippen MR) is 117 cm³/mol. The minimum atomic E-state index is -3.96. The molecular formula is C23H18N2O5S. The molecule has 3 aromatic carbocycles. The third-order valence-electron chi connectivity index (χ3n) is 5.15. The van der Waals surface area contributed by atoms with Gasteiger partial charge < -0.3 is 0 Å². The molecule has 1 aromatic heterocycles. The van der Waals surface area contributed by atoms with E-state index in [9.17, 15) is 23.3 Å². The van der Waals surface area contributed by atoms with Gasteiger partial charge in [0.05, 0.1) is 15.3 Å². The molecular weight excluding hydrogens is 416 g/mol. The number of nitro benzene ring substituents is 1. The number of carbonyl (C=O) groups is 1. The van der Waals surface area contributed by atoms with Crippen molar-refractivity contribution < 1.29 is 18.1 Å². The number of ketones is 1. The van der Waals surface area contributed by atoms with Crippen molar-refractivity contribution in [2.75, 3.05) is 0 Å². The third-order valence-corrected chi connectivity index (χ3v) is 6.83. The average molecular weight is 434 g/mol. The molecule has 4 rings (SSSR count). The van der Waals surface area contributed by atoms with E-state index in [0.29, 0.717) is 10.9 Å². The zero-order chi connectivity index (χ0) is 22.3. The fraction of sp³-hybridized carbons (Fsp3) is 0.0870. The van der Waals surface area contributed by atoms with Gasteiger partial charge in [0.1, 0.15) is 0 Å². The molecule has 0 amide bonds. The van der Waals surface area contributed by atoms with E-state index in [1.165, 1.54) is 42.6 Å². The molecule has 0 atom stereocenters. The fourth-order valence-electron chi connectivity index (χ4n) is 3.55. The highest BCUT2D eigenvalue weighted by molar-refractivity contribution is 7.90. The summed E-state index contributed by atoms with van der Waals surface area (Å²) in [6, 6.07) is 17.0. The number of hydrogen-bond donors (Lipinski definition) is 0. The summed E-state index contributed by atoms with van der Waals surface area (Å²) in [5.74, 6) is -0.485. The van der Waals surface area contributed by atoms with Gasteiger partial charge in [-0.2, -0.15) is 0 Å². The summed E-state index contributed by atoms with van der Waals surface area (Å²) in [5.41, 5.74) is 2.10. The van der Waals surface area contributed by atoms with Crippen LogP contribution in [0.25, 0.3) is 10.9 Å². The number of nitrogens with zero attached hydrogens (tertiary/aromatic N) is 2. The van der Waals surface area contributed by atoms with Gasteiger partial charge in [-0.25, -0.2) is 12.4 Å². The van der Waals surface area contributed by atoms with Gasteiger partial charge in [0.15, 0.2) is 5.78 Å². The van der Waals surface area contributed by atoms with E-state index in [1.54, 1.807) is 37.3 Å². The van der Waals surface area contributed by atoms with E-state index in [-0.39, 0.29) is 21.7 Å². The van der Waals surface area contributed by atoms with Crippen LogP contribution in [0, 0.1) is 24.0 Å². The van der Waals surface area contributed by atoms with E-state index in [0.717, 1.165) is 15.1 Å². The van der Waals surface area contributed by atoms with Crippen LogP contribution < -0.4 is 0 Å². The first-order chi connectivity index (χ1) is 14.7. The SMILES string of the molecule is Cc1ccc(S(=O)(=O)n2cc(C(=O)c3cccc([N+](=O)[O-])c3)c3c(C)cccc32)cc1. The lowest BCUT2D eigenvalue weighted by atomic mass is 10.00. The highest BCUT2D eigenvalue weighted by Crippen LogP contribution is 2.30. The van der Waals surface area contributed by atoms with Crippen molar-refractivity contribution in [1.82, 2.24) is 3.97 Å². The van der Waals surface area contributed by atoms with Crippen LogP contribution in [0.5, 0.6) is 0 Å². The molecule has 1 heterocycles. The Balaban J connectivity index is 1.94. The summed E-state index contributed by atoms with van der Waals surface area (Å²) in [5, 5.41) is 11.6. The summed E-state index contributed by atoms with van der Waals surface area (Å²) < 4.78 is 27.8. The van der Waals surface area contributed by atoms with Crippen molar-refractivity contribution in [3.8, 4) is 0 Å². The lowest BCUT2D eigenvalue weighted by Gasteiger charge is -2.08. The summed E-state index contributed by atoms with van der Waals surface area (Å²) in [4.78, 5) is 23.9. The highest BCUT2D eigenvalue weighted by Gasteiger charge is 2.25. The molecule has 0 spiro atoms. The van der Waals surface area contributed by atoms with Crippen molar-refractivity contribution in [3.05, 3.63) is 105 Å². The second-order valence-electron chi connectivity index (χ2n) is 7.26. The second kappa shape index (κ2) is 7.48. The Kier molecular flexibility index (Phi) is 4.94. The lowest BCUT2D eigenvalue weighted by Crippen LogP contribution is -2.12. The molecule has 0 saturated carbocycles. The quantitative estimate of drug-likeness (QED) is 0.259. The number of fused-ring (bicyclic) bond motifs is 1. The van der Waals surface area contributed by atoms with Crippen molar-refractivity contribution >= 4 is 32.4 Å². The molecule has 0 radical (unpaired) electrons. The molecule has 0 aliphatic rings. The monoisotopic (exact) mass is 434 g/mol. The average Bonchev–Trinajstić information content (AvgIpc) is 3.15. The molecule has 0 N–H and O–H groups in total. The zero-order valence-electron chi connectivity index (χ0n) is 16.8. The molecule has 0 aliphatic carbocycles. The molecule has 7 nitrogen and oxygen atoms in total. The number of carbonyl (C=O) groups excluding carboxylic acids is 1. The summed E-state index contributed by atoms with van der Waals surface area (Å²) in [6.45, 7) is 3.65. The Morgan fingerprint density at radius 1 is 0.968 bits per heavy atom. The van der Waals surface area contributed by atoms with Crippen LogP contribution in [0.2, 0.25) is 0 Å².